The van der Waals surface area contributed by atoms with Crippen LogP contribution in [0.1, 0.15) is 42.5 Å². The first-order chi connectivity index (χ1) is 14.6. The lowest BCUT2D eigenvalue weighted by Crippen LogP contribution is -2.36. The Hall–Kier alpha value is -2.60. The number of carbonyl (C=O) groups excluding carboxylic acids is 2. The number of thioether (sulfide) groups is 1. The highest BCUT2D eigenvalue weighted by atomic mass is 32.2. The quantitative estimate of drug-likeness (QED) is 0.646. The highest BCUT2D eigenvalue weighted by molar-refractivity contribution is 8.15. The van der Waals surface area contributed by atoms with Gasteiger partial charge in [0, 0.05) is 18.7 Å². The number of nitrogens with one attached hydrogen (secondary N) is 1. The molecule has 164 valence electrons. The van der Waals surface area contributed by atoms with E-state index in [2.05, 4.69) is 25.2 Å². The number of aryl methyl sites for hydroxylation is 4. The molecule has 1 saturated heterocycles. The highest BCUT2D eigenvalue weighted by Gasteiger charge is 2.39. The summed E-state index contributed by atoms with van der Waals surface area (Å²) in [6.45, 7) is 12.8. The van der Waals surface area contributed by atoms with Gasteiger partial charge >= 0.3 is 0 Å². The smallest absolute Gasteiger partial charge is 0.242 e. The Morgan fingerprint density at radius 3 is 2.42 bits per heavy atom. The summed E-state index contributed by atoms with van der Waals surface area (Å²) >= 11 is 1.39. The molecule has 1 unspecified atom stereocenters. The predicted octanol–water partition coefficient (Wildman–Crippen LogP) is 5.54. The molecular weight excluding hydrogens is 406 g/mol. The summed E-state index contributed by atoms with van der Waals surface area (Å²) in [6, 6.07) is 12.0. The van der Waals surface area contributed by atoms with Crippen LogP contribution in [0, 0.1) is 33.6 Å². The van der Waals surface area contributed by atoms with Crippen molar-refractivity contribution in [2.24, 2.45) is 10.9 Å². The zero-order valence-electron chi connectivity index (χ0n) is 19.2. The van der Waals surface area contributed by atoms with E-state index in [-0.39, 0.29) is 18.2 Å². The number of amidine groups is 1. The van der Waals surface area contributed by atoms with E-state index in [9.17, 15) is 9.59 Å². The summed E-state index contributed by atoms with van der Waals surface area (Å²) in [5.74, 6) is 0.103. The molecule has 1 aliphatic rings. The number of rotatable bonds is 6. The molecule has 1 fully saturated rings. The third-order valence-electron chi connectivity index (χ3n) is 5.17. The molecule has 1 atom stereocenters. The van der Waals surface area contributed by atoms with E-state index in [0.29, 0.717) is 17.6 Å². The van der Waals surface area contributed by atoms with E-state index >= 15 is 0 Å². The molecule has 0 radical (unpaired) electrons. The first-order valence-corrected chi connectivity index (χ1v) is 11.5. The third kappa shape index (κ3) is 5.76. The van der Waals surface area contributed by atoms with Gasteiger partial charge in [-0.25, -0.2) is 4.99 Å². The Bertz CT molecular complexity index is 1030. The summed E-state index contributed by atoms with van der Waals surface area (Å²) in [4.78, 5) is 32.4. The summed E-state index contributed by atoms with van der Waals surface area (Å²) in [7, 11) is 0. The maximum absolute atomic E-state index is 13.1. The minimum Gasteiger partial charge on any atom is -0.326 e. The molecule has 0 saturated carbocycles. The Morgan fingerprint density at radius 2 is 1.74 bits per heavy atom. The molecule has 3 rings (SSSR count). The van der Waals surface area contributed by atoms with Crippen LogP contribution in [0.25, 0.3) is 0 Å². The number of benzene rings is 2. The fourth-order valence-electron chi connectivity index (χ4n) is 3.53. The maximum Gasteiger partial charge on any atom is 0.242 e. The molecule has 2 aromatic rings. The van der Waals surface area contributed by atoms with Crippen LogP contribution in [0.4, 0.5) is 11.4 Å². The number of aliphatic imine (C=N–C) groups is 1. The van der Waals surface area contributed by atoms with Crippen LogP contribution in [-0.2, 0) is 9.59 Å². The molecule has 6 heteroatoms. The topological polar surface area (TPSA) is 61.8 Å². The molecule has 2 aromatic carbocycles. The molecule has 1 N–H and O–H groups in total. The van der Waals surface area contributed by atoms with Gasteiger partial charge in [-0.2, -0.15) is 0 Å². The summed E-state index contributed by atoms with van der Waals surface area (Å²) in [5, 5.41) is 3.18. The maximum atomic E-state index is 13.1. The number of amides is 2. The van der Waals surface area contributed by atoms with E-state index < -0.39 is 5.25 Å². The van der Waals surface area contributed by atoms with Gasteiger partial charge in [-0.3, -0.25) is 14.5 Å². The summed E-state index contributed by atoms with van der Waals surface area (Å²) in [6.07, 6.45) is 0.122. The fraction of sp³-hybridized carbons (Fsp3) is 0.400. The van der Waals surface area contributed by atoms with Crippen molar-refractivity contribution < 1.29 is 9.59 Å². The van der Waals surface area contributed by atoms with Crippen molar-refractivity contribution in [2.45, 2.75) is 53.2 Å². The van der Waals surface area contributed by atoms with E-state index in [0.717, 1.165) is 28.1 Å². The SMILES string of the molecule is Cc1ccc(N=C2SC(CC(=O)Nc3cc(C)ccc3C)C(=O)N2CC(C)C)c(C)c1. The first kappa shape index (κ1) is 23.1. The van der Waals surface area contributed by atoms with Gasteiger partial charge < -0.3 is 5.32 Å². The Balaban J connectivity index is 1.80. The fourth-order valence-corrected chi connectivity index (χ4v) is 4.69. The van der Waals surface area contributed by atoms with Crippen LogP contribution in [0.2, 0.25) is 0 Å². The monoisotopic (exact) mass is 437 g/mol. The number of nitrogens with zero attached hydrogens (tertiary/aromatic N) is 2. The molecular formula is C25H31N3O2S. The molecule has 5 nitrogen and oxygen atoms in total. The molecule has 1 aliphatic heterocycles. The summed E-state index contributed by atoms with van der Waals surface area (Å²) < 4.78 is 0. The second kappa shape index (κ2) is 9.69. The van der Waals surface area contributed by atoms with Gasteiger partial charge in [0.05, 0.1) is 5.69 Å². The van der Waals surface area contributed by atoms with E-state index in [1.807, 2.05) is 58.0 Å². The van der Waals surface area contributed by atoms with Crippen molar-refractivity contribution in [1.82, 2.24) is 4.90 Å². The van der Waals surface area contributed by atoms with Gasteiger partial charge in [0.2, 0.25) is 11.8 Å². The molecule has 0 spiro atoms. The minimum atomic E-state index is -0.464. The Morgan fingerprint density at radius 1 is 1.06 bits per heavy atom. The lowest BCUT2D eigenvalue weighted by molar-refractivity contribution is -0.128. The number of hydrogen-bond donors (Lipinski definition) is 1. The van der Waals surface area contributed by atoms with Crippen LogP contribution in [0.3, 0.4) is 0 Å². The number of hydrogen-bond acceptors (Lipinski definition) is 4. The van der Waals surface area contributed by atoms with Crippen LogP contribution in [-0.4, -0.2) is 33.7 Å². The van der Waals surface area contributed by atoms with Crippen molar-refractivity contribution >= 4 is 40.1 Å². The van der Waals surface area contributed by atoms with Gasteiger partial charge in [-0.15, -0.1) is 0 Å². The average Bonchev–Trinajstić information content (AvgIpc) is 2.95. The van der Waals surface area contributed by atoms with Crippen molar-refractivity contribution in [1.29, 1.82) is 0 Å². The van der Waals surface area contributed by atoms with Crippen molar-refractivity contribution in [3.8, 4) is 0 Å². The lowest BCUT2D eigenvalue weighted by Gasteiger charge is -2.19. The zero-order chi connectivity index (χ0) is 22.7. The highest BCUT2D eigenvalue weighted by Crippen LogP contribution is 2.33. The average molecular weight is 438 g/mol. The van der Waals surface area contributed by atoms with Crippen molar-refractivity contribution in [3.05, 3.63) is 58.7 Å². The van der Waals surface area contributed by atoms with Gasteiger partial charge in [0.25, 0.3) is 0 Å². The normalized spacial score (nSPS) is 17.6. The van der Waals surface area contributed by atoms with E-state index in [4.69, 9.17) is 4.99 Å². The molecule has 31 heavy (non-hydrogen) atoms. The summed E-state index contributed by atoms with van der Waals surface area (Å²) in [5.41, 5.74) is 5.98. The molecule has 2 amide bonds. The second-order valence-corrected chi connectivity index (χ2v) is 9.87. The van der Waals surface area contributed by atoms with Crippen LogP contribution >= 0.6 is 11.8 Å². The van der Waals surface area contributed by atoms with E-state index in [1.165, 1.54) is 17.3 Å². The lowest BCUT2D eigenvalue weighted by atomic mass is 10.1. The number of carbonyl (C=O) groups is 2. The van der Waals surface area contributed by atoms with Crippen molar-refractivity contribution in [2.75, 3.05) is 11.9 Å². The predicted molar refractivity (Wildman–Crippen MR) is 130 cm³/mol. The third-order valence-corrected chi connectivity index (χ3v) is 6.35. The van der Waals surface area contributed by atoms with E-state index in [1.54, 1.807) is 4.90 Å². The second-order valence-electron chi connectivity index (χ2n) is 8.70. The number of anilines is 1. The van der Waals surface area contributed by atoms with Gasteiger partial charge in [0.1, 0.15) is 5.25 Å². The van der Waals surface area contributed by atoms with Crippen LogP contribution in [0.15, 0.2) is 41.4 Å². The molecule has 0 aliphatic carbocycles. The molecule has 0 bridgehead atoms. The zero-order valence-corrected chi connectivity index (χ0v) is 20.0. The molecule has 0 aromatic heterocycles. The Kier molecular flexibility index (Phi) is 7.21. The van der Waals surface area contributed by atoms with Crippen LogP contribution in [0.5, 0.6) is 0 Å². The standard InChI is InChI=1S/C25H31N3O2S/c1-15(2)14-28-24(30)22(13-23(29)26-21-12-17(4)7-9-18(21)5)31-25(28)27-20-10-8-16(3)11-19(20)6/h7-12,15,22H,13-14H2,1-6H3,(H,26,29). The van der Waals surface area contributed by atoms with Gasteiger partial charge in [-0.1, -0.05) is 55.4 Å². The molecule has 1 heterocycles. The van der Waals surface area contributed by atoms with Crippen molar-refractivity contribution in [3.63, 3.8) is 0 Å². The van der Waals surface area contributed by atoms with Gasteiger partial charge in [0.15, 0.2) is 5.17 Å². The van der Waals surface area contributed by atoms with Gasteiger partial charge in [-0.05, 0) is 62.4 Å². The minimum absolute atomic E-state index is 0.0432. The largest absolute Gasteiger partial charge is 0.326 e. The Labute approximate surface area is 189 Å². The van der Waals surface area contributed by atoms with Crippen LogP contribution < -0.4 is 5.32 Å². The first-order valence-electron chi connectivity index (χ1n) is 10.6.